The van der Waals surface area contributed by atoms with Crippen LogP contribution in [-0.2, 0) is 51.3 Å². The Labute approximate surface area is 551 Å². The van der Waals surface area contributed by atoms with Crippen LogP contribution < -0.4 is 51.8 Å². The summed E-state index contributed by atoms with van der Waals surface area (Å²) >= 11 is 13.7. The van der Waals surface area contributed by atoms with E-state index in [-0.39, 0.29) is 67.3 Å². The summed E-state index contributed by atoms with van der Waals surface area (Å²) < 4.78 is 23.9. The number of hydrogen-bond acceptors (Lipinski definition) is 20. The van der Waals surface area contributed by atoms with Crippen molar-refractivity contribution in [2.75, 3.05) is 0 Å². The number of nitrogens with one attached hydrogen (secondary N) is 6. The standard InChI is InChI=1S/C66H53Cl2N7O21/c67-39-14-28-6-12-45(39)95-48-21-33-22-49(58(48)82)96-46-13-9-31(19-40(46)68)57(81)56-63(87)73-55(65(90)91)38-24-35(77)25-44(80)50(38)37-18-29(7-10-42(37)78)52(61(85)74-56)72-62(86)54(33)71-59(83)51(69)32-16-34(76)23-36(17-32)94-47-20-30(8-11-43(47)79)53(60(84)70-41(15-28)64(88)89)75-66(92)93-26-27-4-2-1-3-5-27/h1-14,16-25,41,51-57,76-82H,15,26,69H2,(H,70,84)(H,71,83)(H,72,86)(H,73,87)(H,74,85)(H,75,92)(H,88,89)(H,90,91). The van der Waals surface area contributed by atoms with Crippen molar-refractivity contribution in [3.8, 4) is 80.1 Å². The number of carbonyl (C=O) groups is 8. The van der Waals surface area contributed by atoms with Gasteiger partial charge in [-0.3, -0.25) is 24.0 Å². The molecule has 0 saturated heterocycles. The summed E-state index contributed by atoms with van der Waals surface area (Å²) in [5, 5.41) is 115. The summed E-state index contributed by atoms with van der Waals surface area (Å²) in [4.78, 5) is 114. The Morgan fingerprint density at radius 3 is 1.85 bits per heavy atom. The van der Waals surface area contributed by atoms with Crippen LogP contribution in [0.5, 0.6) is 69.0 Å². The molecule has 0 fully saturated rings. The van der Waals surface area contributed by atoms with Gasteiger partial charge < -0.3 is 103 Å². The van der Waals surface area contributed by atoms with Gasteiger partial charge in [-0.1, -0.05) is 77.8 Å². The molecule has 8 aromatic rings. The van der Waals surface area contributed by atoms with Gasteiger partial charge in [0.1, 0.15) is 89.2 Å². The number of phenols is 6. The highest BCUT2D eigenvalue weighted by molar-refractivity contribution is 6.32. The number of nitrogens with two attached hydrogens (primary N) is 1. The number of amides is 6. The van der Waals surface area contributed by atoms with Crippen LogP contribution in [0, 0.1) is 0 Å². The Morgan fingerprint density at radius 1 is 0.542 bits per heavy atom. The number of benzene rings is 8. The van der Waals surface area contributed by atoms with Crippen molar-refractivity contribution < 1.29 is 103 Å². The number of phenolic OH excluding ortho intramolecular Hbond substituents is 6. The summed E-state index contributed by atoms with van der Waals surface area (Å²) in [5.74, 6) is -16.5. The lowest BCUT2D eigenvalue weighted by atomic mass is 9.89. The summed E-state index contributed by atoms with van der Waals surface area (Å²) in [6, 6.07) is 15.1. The molecular formula is C66H53Cl2N7O21. The number of carbonyl (C=O) groups excluding carboxylic acids is 6. The number of aromatic hydroxyl groups is 6. The molecule has 8 unspecified atom stereocenters. The van der Waals surface area contributed by atoms with Gasteiger partial charge in [0, 0.05) is 35.2 Å². The van der Waals surface area contributed by atoms with E-state index in [1.165, 1.54) is 30.3 Å². The number of rotatable bonds is 5. The molecule has 0 radical (unpaired) electrons. The highest BCUT2D eigenvalue weighted by Crippen LogP contribution is 2.48. The van der Waals surface area contributed by atoms with Crippen LogP contribution in [0.15, 0.2) is 146 Å². The first kappa shape index (κ1) is 65.5. The maximum absolute atomic E-state index is 15.6. The van der Waals surface area contributed by atoms with Crippen LogP contribution in [0.25, 0.3) is 11.1 Å². The van der Waals surface area contributed by atoms with E-state index in [1.54, 1.807) is 30.3 Å². The Kier molecular flexibility index (Phi) is 18.4. The second-order valence-corrected chi connectivity index (χ2v) is 22.9. The number of halogens is 2. The van der Waals surface area contributed by atoms with E-state index in [0.717, 1.165) is 84.9 Å². The minimum absolute atomic E-state index is 0.118. The largest absolute Gasteiger partial charge is 0.508 e. The zero-order valence-corrected chi connectivity index (χ0v) is 50.7. The van der Waals surface area contributed by atoms with Crippen molar-refractivity contribution in [1.29, 1.82) is 0 Å². The minimum Gasteiger partial charge on any atom is -0.508 e. The van der Waals surface area contributed by atoms with Gasteiger partial charge in [-0.15, -0.1) is 0 Å². The zero-order valence-electron chi connectivity index (χ0n) is 49.1. The van der Waals surface area contributed by atoms with Gasteiger partial charge in [0.15, 0.2) is 29.0 Å². The number of aliphatic carboxylic acids is 2. The molecule has 0 spiro atoms. The van der Waals surface area contributed by atoms with Crippen molar-refractivity contribution in [3.63, 3.8) is 0 Å². The molecule has 5 heterocycles. The van der Waals surface area contributed by atoms with Gasteiger partial charge >= 0.3 is 18.0 Å². The monoisotopic (exact) mass is 1350 g/mol. The third-order valence-electron chi connectivity index (χ3n) is 15.6. The number of carboxylic acid groups (broad SMARTS) is 2. The number of aliphatic hydroxyl groups excluding tert-OH is 1. The fourth-order valence-electron chi connectivity index (χ4n) is 10.9. The van der Waals surface area contributed by atoms with Gasteiger partial charge in [0.25, 0.3) is 0 Å². The molecule has 96 heavy (non-hydrogen) atoms. The van der Waals surface area contributed by atoms with Crippen LogP contribution >= 0.6 is 23.2 Å². The third-order valence-corrected chi connectivity index (χ3v) is 16.2. The fraction of sp³-hybridized carbons (Fsp3) is 0.152. The summed E-state index contributed by atoms with van der Waals surface area (Å²) in [6.45, 7) is -0.256. The molecule has 492 valence electrons. The van der Waals surface area contributed by atoms with Crippen molar-refractivity contribution in [2.45, 2.75) is 61.4 Å². The predicted octanol–water partition coefficient (Wildman–Crippen LogP) is 6.87. The molecule has 8 aromatic carbocycles. The molecule has 8 atom stereocenters. The third kappa shape index (κ3) is 13.9. The van der Waals surface area contributed by atoms with Crippen molar-refractivity contribution >= 4 is 70.8 Å². The molecule has 13 rings (SSSR count). The molecule has 5 aliphatic rings. The average Bonchev–Trinajstić information content (AvgIpc) is 0.772. The first-order valence-electron chi connectivity index (χ1n) is 28.7. The normalized spacial score (nSPS) is 20.3. The van der Waals surface area contributed by atoms with Crippen molar-refractivity contribution in [3.05, 3.63) is 200 Å². The van der Waals surface area contributed by atoms with Crippen LogP contribution in [0.2, 0.25) is 10.0 Å². The number of alkyl carbamates (subject to hydrolysis) is 1. The molecule has 0 aliphatic carbocycles. The molecule has 17 N–H and O–H groups in total. The molecule has 28 nitrogen and oxygen atoms in total. The van der Waals surface area contributed by atoms with Crippen LogP contribution in [0.3, 0.4) is 0 Å². The molecule has 15 bridgehead atoms. The molecular weight excluding hydrogens is 1300 g/mol. The van der Waals surface area contributed by atoms with E-state index in [0.29, 0.717) is 5.56 Å². The fourth-order valence-corrected chi connectivity index (χ4v) is 11.3. The summed E-state index contributed by atoms with van der Waals surface area (Å²) in [6.07, 6.45) is -3.77. The smallest absolute Gasteiger partial charge is 0.408 e. The van der Waals surface area contributed by atoms with Crippen molar-refractivity contribution in [2.24, 2.45) is 5.73 Å². The number of fused-ring (bicyclic) bond motifs is 15. The van der Waals surface area contributed by atoms with Gasteiger partial charge in [-0.2, -0.15) is 0 Å². The Balaban J connectivity index is 1.07. The minimum atomic E-state index is -2.21. The van der Waals surface area contributed by atoms with Crippen LogP contribution in [0.1, 0.15) is 80.8 Å². The quantitative estimate of drug-likeness (QED) is 0.0836. The van der Waals surface area contributed by atoms with Gasteiger partial charge in [0.05, 0.1) is 10.0 Å². The Morgan fingerprint density at radius 2 is 1.17 bits per heavy atom. The van der Waals surface area contributed by atoms with Gasteiger partial charge in [-0.05, 0) is 118 Å². The summed E-state index contributed by atoms with van der Waals surface area (Å²) in [5.41, 5.74) is 4.72. The average molecular weight is 1350 g/mol. The molecule has 0 saturated carbocycles. The topological polar surface area (TPSA) is 454 Å². The first-order chi connectivity index (χ1) is 45.8. The number of carboxylic acids is 2. The maximum atomic E-state index is 15.6. The van der Waals surface area contributed by atoms with E-state index in [9.17, 15) is 74.7 Å². The predicted molar refractivity (Wildman–Crippen MR) is 334 cm³/mol. The Bertz CT molecular complexity index is 4520. The highest BCUT2D eigenvalue weighted by Gasteiger charge is 2.41. The van der Waals surface area contributed by atoms with Gasteiger partial charge in [-0.25, -0.2) is 14.4 Å². The van der Waals surface area contributed by atoms with E-state index in [1.807, 2.05) is 0 Å². The number of hydrogen-bond donors (Lipinski definition) is 16. The molecule has 5 aliphatic heterocycles. The highest BCUT2D eigenvalue weighted by atomic mass is 35.5. The maximum Gasteiger partial charge on any atom is 0.408 e. The second-order valence-electron chi connectivity index (χ2n) is 22.1. The van der Waals surface area contributed by atoms with Crippen LogP contribution in [0.4, 0.5) is 4.79 Å². The second kappa shape index (κ2) is 26.9. The van der Waals surface area contributed by atoms with E-state index in [4.69, 9.17) is 47.9 Å². The molecule has 6 amide bonds. The first-order valence-corrected chi connectivity index (χ1v) is 29.5. The number of ether oxygens (including phenoxy) is 4. The van der Waals surface area contributed by atoms with E-state index < -0.39 is 171 Å². The van der Waals surface area contributed by atoms with Crippen LogP contribution in [-0.4, -0.2) is 106 Å². The molecule has 0 aromatic heterocycles. The lowest BCUT2D eigenvalue weighted by Gasteiger charge is -2.31. The zero-order chi connectivity index (χ0) is 68.5. The van der Waals surface area contributed by atoms with E-state index >= 15 is 9.59 Å². The van der Waals surface area contributed by atoms with E-state index in [2.05, 4.69) is 31.9 Å². The van der Waals surface area contributed by atoms with Crippen molar-refractivity contribution in [1.82, 2.24) is 31.9 Å². The lowest BCUT2D eigenvalue weighted by molar-refractivity contribution is -0.143. The SMILES string of the molecule is NC1C(=O)NC2C(=O)NC3C(=O)NC(C(=O)NC(C(=O)O)c4cc(O)cc(O)c4-c4cc3ccc4O)C(O)c3ccc(c(Cl)c3)Oc3cc2cc(c3O)Oc2ccc(cc2Cl)CC(C(=O)O)NC(=O)C(NC(=O)OCc2ccccc2)c2ccc(O)c(c2)Oc2cc(O)cc1c2. The number of aliphatic hydroxyl groups is 1. The Hall–Kier alpha value is -12.0. The lowest BCUT2D eigenvalue weighted by Crippen LogP contribution is -2.55. The van der Waals surface area contributed by atoms with Gasteiger partial charge in [0.2, 0.25) is 35.3 Å². The molecule has 30 heteroatoms. The summed E-state index contributed by atoms with van der Waals surface area (Å²) in [7, 11) is 0.